The van der Waals surface area contributed by atoms with E-state index in [1.165, 1.54) is 6.33 Å². The van der Waals surface area contributed by atoms with E-state index in [1.54, 1.807) is 4.52 Å². The lowest BCUT2D eigenvalue weighted by Gasteiger charge is -2.11. The normalized spacial score (nSPS) is 10.9. The van der Waals surface area contributed by atoms with E-state index in [0.717, 1.165) is 27.9 Å². The molecule has 0 bridgehead atoms. The van der Waals surface area contributed by atoms with Gasteiger partial charge in [-0.25, -0.2) is 4.52 Å². The number of rotatable bonds is 1. The second-order valence-electron chi connectivity index (χ2n) is 5.00. The first-order valence-electron chi connectivity index (χ1n) is 6.50. The molecule has 2 aromatic heterocycles. The van der Waals surface area contributed by atoms with Crippen molar-refractivity contribution in [1.29, 1.82) is 0 Å². The number of nitrogens with zero attached hydrogens (tertiary/aromatic N) is 3. The average molecular weight is 265 g/mol. The minimum Gasteiger partial charge on any atom is -0.267 e. The van der Waals surface area contributed by atoms with Gasteiger partial charge >= 0.3 is 0 Å². The number of hydrogen-bond acceptors (Lipinski definition) is 3. The van der Waals surface area contributed by atoms with E-state index < -0.39 is 0 Å². The van der Waals surface area contributed by atoms with Crippen molar-refractivity contribution < 1.29 is 0 Å². The maximum absolute atomic E-state index is 12.3. The standard InChI is InChI=1S/C16H15N3O/c1-10-5-4-6-11(2)14(10)15-13-8-7-12(3)18-19(13)9-17-16(15)20/h4-9H,1-3H3. The van der Waals surface area contributed by atoms with Crippen LogP contribution in [0, 0.1) is 20.8 Å². The van der Waals surface area contributed by atoms with Crippen molar-refractivity contribution in [3.8, 4) is 11.1 Å². The lowest BCUT2D eigenvalue weighted by molar-refractivity contribution is 0.858. The smallest absolute Gasteiger partial charge is 0.267 e. The van der Waals surface area contributed by atoms with Gasteiger partial charge in [-0.15, -0.1) is 0 Å². The molecule has 4 nitrogen and oxygen atoms in total. The van der Waals surface area contributed by atoms with E-state index in [4.69, 9.17) is 0 Å². The largest absolute Gasteiger partial charge is 0.281 e. The molecule has 0 saturated heterocycles. The van der Waals surface area contributed by atoms with Crippen LogP contribution in [0.3, 0.4) is 0 Å². The van der Waals surface area contributed by atoms with Gasteiger partial charge in [0.2, 0.25) is 0 Å². The zero-order valence-corrected chi connectivity index (χ0v) is 11.7. The Morgan fingerprint density at radius 3 is 2.35 bits per heavy atom. The Morgan fingerprint density at radius 1 is 0.950 bits per heavy atom. The molecule has 0 spiro atoms. The van der Waals surface area contributed by atoms with E-state index >= 15 is 0 Å². The Kier molecular flexibility index (Phi) is 2.86. The fourth-order valence-corrected chi connectivity index (χ4v) is 2.54. The van der Waals surface area contributed by atoms with E-state index in [-0.39, 0.29) is 5.56 Å². The van der Waals surface area contributed by atoms with Crippen LogP contribution in [0.4, 0.5) is 0 Å². The minimum absolute atomic E-state index is 0.215. The van der Waals surface area contributed by atoms with Crippen LogP contribution in [0.25, 0.3) is 16.6 Å². The second-order valence-corrected chi connectivity index (χ2v) is 5.00. The fraction of sp³-hybridized carbons (Fsp3) is 0.188. The molecule has 0 atom stereocenters. The van der Waals surface area contributed by atoms with Crippen molar-refractivity contribution in [1.82, 2.24) is 14.6 Å². The van der Waals surface area contributed by atoms with Gasteiger partial charge in [-0.1, -0.05) is 18.2 Å². The molecule has 0 fully saturated rings. The van der Waals surface area contributed by atoms with Crippen molar-refractivity contribution >= 4 is 5.52 Å². The molecule has 0 radical (unpaired) electrons. The molecule has 0 amide bonds. The number of benzene rings is 1. The Labute approximate surface area is 116 Å². The summed E-state index contributed by atoms with van der Waals surface area (Å²) in [4.78, 5) is 16.2. The third kappa shape index (κ3) is 1.90. The van der Waals surface area contributed by atoms with Gasteiger partial charge in [-0.05, 0) is 49.6 Å². The van der Waals surface area contributed by atoms with Gasteiger partial charge in [0, 0.05) is 0 Å². The average Bonchev–Trinajstić information content (AvgIpc) is 2.41. The lowest BCUT2D eigenvalue weighted by atomic mass is 9.96. The van der Waals surface area contributed by atoms with Gasteiger partial charge in [-0.2, -0.15) is 10.1 Å². The number of aryl methyl sites for hydroxylation is 3. The molecule has 0 aliphatic rings. The van der Waals surface area contributed by atoms with Crippen LogP contribution in [0.5, 0.6) is 0 Å². The summed E-state index contributed by atoms with van der Waals surface area (Å²) < 4.78 is 1.66. The summed E-state index contributed by atoms with van der Waals surface area (Å²) in [5, 5.41) is 4.38. The van der Waals surface area contributed by atoms with Crippen molar-refractivity contribution in [2.45, 2.75) is 20.8 Å². The molecule has 3 rings (SSSR count). The van der Waals surface area contributed by atoms with E-state index in [0.29, 0.717) is 5.56 Å². The van der Waals surface area contributed by atoms with Crippen LogP contribution < -0.4 is 5.56 Å². The highest BCUT2D eigenvalue weighted by molar-refractivity contribution is 5.82. The Bertz CT molecular complexity index is 845. The van der Waals surface area contributed by atoms with Crippen LogP contribution in [0.2, 0.25) is 0 Å². The first-order valence-corrected chi connectivity index (χ1v) is 6.50. The SMILES string of the molecule is Cc1ccc2c(-c3c(C)cccc3C)c(=O)ncn2n1. The van der Waals surface area contributed by atoms with Crippen LogP contribution in [-0.2, 0) is 0 Å². The van der Waals surface area contributed by atoms with E-state index in [1.807, 2.05) is 51.1 Å². The monoisotopic (exact) mass is 265 g/mol. The van der Waals surface area contributed by atoms with Gasteiger partial charge in [0.15, 0.2) is 0 Å². The van der Waals surface area contributed by atoms with Crippen molar-refractivity contribution in [3.05, 3.63) is 63.8 Å². The van der Waals surface area contributed by atoms with E-state index in [9.17, 15) is 4.79 Å². The van der Waals surface area contributed by atoms with Crippen molar-refractivity contribution in [2.24, 2.45) is 0 Å². The van der Waals surface area contributed by atoms with Gasteiger partial charge in [0.05, 0.1) is 16.8 Å². The molecule has 0 aliphatic heterocycles. The first-order chi connectivity index (χ1) is 9.58. The maximum atomic E-state index is 12.3. The molecule has 0 saturated carbocycles. The zero-order chi connectivity index (χ0) is 14.3. The Hall–Kier alpha value is -2.49. The third-order valence-electron chi connectivity index (χ3n) is 3.48. The molecular weight excluding hydrogens is 250 g/mol. The van der Waals surface area contributed by atoms with Gasteiger partial charge in [0.1, 0.15) is 6.33 Å². The summed E-state index contributed by atoms with van der Waals surface area (Å²) in [6, 6.07) is 9.84. The second kappa shape index (κ2) is 4.56. The summed E-state index contributed by atoms with van der Waals surface area (Å²) >= 11 is 0. The summed E-state index contributed by atoms with van der Waals surface area (Å²) in [7, 11) is 0. The van der Waals surface area contributed by atoms with Crippen LogP contribution in [-0.4, -0.2) is 14.6 Å². The molecular formula is C16H15N3O. The van der Waals surface area contributed by atoms with Gasteiger partial charge in [-0.3, -0.25) is 4.79 Å². The van der Waals surface area contributed by atoms with Gasteiger partial charge in [0.25, 0.3) is 5.56 Å². The molecule has 1 aromatic carbocycles. The summed E-state index contributed by atoms with van der Waals surface area (Å²) in [6.07, 6.45) is 1.47. The first kappa shape index (κ1) is 12.5. The fourth-order valence-electron chi connectivity index (χ4n) is 2.54. The van der Waals surface area contributed by atoms with E-state index in [2.05, 4.69) is 10.1 Å². The lowest BCUT2D eigenvalue weighted by Crippen LogP contribution is -2.14. The zero-order valence-electron chi connectivity index (χ0n) is 11.7. The predicted molar refractivity (Wildman–Crippen MR) is 78.9 cm³/mol. The highest BCUT2D eigenvalue weighted by Gasteiger charge is 2.14. The van der Waals surface area contributed by atoms with Crippen LogP contribution in [0.1, 0.15) is 16.8 Å². The van der Waals surface area contributed by atoms with Gasteiger partial charge < -0.3 is 0 Å². The summed E-state index contributed by atoms with van der Waals surface area (Å²) in [5.41, 5.74) is 5.16. The molecule has 2 heterocycles. The topological polar surface area (TPSA) is 47.3 Å². The predicted octanol–water partition coefficient (Wildman–Crippen LogP) is 2.68. The van der Waals surface area contributed by atoms with Crippen molar-refractivity contribution in [2.75, 3.05) is 0 Å². The summed E-state index contributed by atoms with van der Waals surface area (Å²) in [6.45, 7) is 5.93. The molecule has 0 N–H and O–H groups in total. The third-order valence-corrected chi connectivity index (χ3v) is 3.48. The van der Waals surface area contributed by atoms with Crippen LogP contribution >= 0.6 is 0 Å². The highest BCUT2D eigenvalue weighted by atomic mass is 16.1. The molecule has 4 heteroatoms. The van der Waals surface area contributed by atoms with Crippen molar-refractivity contribution in [3.63, 3.8) is 0 Å². The highest BCUT2D eigenvalue weighted by Crippen LogP contribution is 2.27. The molecule has 0 unspecified atom stereocenters. The number of aromatic nitrogens is 3. The molecule has 3 aromatic rings. The Morgan fingerprint density at radius 2 is 1.65 bits per heavy atom. The maximum Gasteiger partial charge on any atom is 0.281 e. The molecule has 20 heavy (non-hydrogen) atoms. The molecule has 100 valence electrons. The number of fused-ring (bicyclic) bond motifs is 1. The van der Waals surface area contributed by atoms with Crippen LogP contribution in [0.15, 0.2) is 41.5 Å². The quantitative estimate of drug-likeness (QED) is 0.679. The summed E-state index contributed by atoms with van der Waals surface area (Å²) in [5.74, 6) is 0. The molecule has 0 aliphatic carbocycles. The Balaban J connectivity index is 2.47. The number of hydrogen-bond donors (Lipinski definition) is 0. The minimum atomic E-state index is -0.215.